The van der Waals surface area contributed by atoms with Crippen LogP contribution in [0.5, 0.6) is 0 Å². The SMILES string of the molecule is CCCC/C=C\C(CC)C(=O)O. The molecule has 0 bridgehead atoms. The second kappa shape index (κ2) is 6.89. The lowest BCUT2D eigenvalue weighted by Gasteiger charge is -2.01. The van der Waals surface area contributed by atoms with Gasteiger partial charge >= 0.3 is 5.97 Å². The Kier molecular flexibility index (Phi) is 6.44. The van der Waals surface area contributed by atoms with Crippen LogP contribution in [0.25, 0.3) is 0 Å². The number of unbranched alkanes of at least 4 members (excludes halogenated alkanes) is 2. The second-order valence-corrected chi connectivity index (χ2v) is 2.92. The normalized spacial score (nSPS) is 13.5. The number of rotatable bonds is 6. The van der Waals surface area contributed by atoms with Crippen LogP contribution in [-0.2, 0) is 4.79 Å². The number of aliphatic carboxylic acids is 1. The van der Waals surface area contributed by atoms with Crippen LogP contribution in [0.4, 0.5) is 0 Å². The fourth-order valence-electron chi connectivity index (χ4n) is 0.975. The van der Waals surface area contributed by atoms with E-state index in [9.17, 15) is 4.79 Å². The monoisotopic (exact) mass is 170 g/mol. The molecule has 0 aliphatic carbocycles. The van der Waals surface area contributed by atoms with Crippen LogP contribution in [0.3, 0.4) is 0 Å². The number of allylic oxidation sites excluding steroid dienone is 1. The highest BCUT2D eigenvalue weighted by Crippen LogP contribution is 2.06. The van der Waals surface area contributed by atoms with Crippen molar-refractivity contribution >= 4 is 5.97 Å². The van der Waals surface area contributed by atoms with Gasteiger partial charge in [0.2, 0.25) is 0 Å². The van der Waals surface area contributed by atoms with Crippen molar-refractivity contribution in [3.05, 3.63) is 12.2 Å². The van der Waals surface area contributed by atoms with E-state index >= 15 is 0 Å². The predicted molar refractivity (Wildman–Crippen MR) is 50.1 cm³/mol. The molecule has 0 spiro atoms. The molecule has 0 saturated carbocycles. The minimum absolute atomic E-state index is 0.290. The lowest BCUT2D eigenvalue weighted by molar-refractivity contribution is -0.140. The quantitative estimate of drug-likeness (QED) is 0.491. The summed E-state index contributed by atoms with van der Waals surface area (Å²) >= 11 is 0. The molecule has 2 nitrogen and oxygen atoms in total. The van der Waals surface area contributed by atoms with Crippen molar-refractivity contribution in [3.8, 4) is 0 Å². The van der Waals surface area contributed by atoms with Gasteiger partial charge in [-0.25, -0.2) is 0 Å². The average Bonchev–Trinajstić information content (AvgIpc) is 2.04. The molecular weight excluding hydrogens is 152 g/mol. The highest BCUT2D eigenvalue weighted by Gasteiger charge is 2.09. The fourth-order valence-corrected chi connectivity index (χ4v) is 0.975. The Hall–Kier alpha value is -0.790. The molecule has 0 amide bonds. The molecule has 0 radical (unpaired) electrons. The van der Waals surface area contributed by atoms with Crippen molar-refractivity contribution in [3.63, 3.8) is 0 Å². The predicted octanol–water partition coefficient (Wildman–Crippen LogP) is 2.84. The zero-order valence-corrected chi connectivity index (χ0v) is 7.92. The van der Waals surface area contributed by atoms with Crippen molar-refractivity contribution in [1.82, 2.24) is 0 Å². The van der Waals surface area contributed by atoms with Crippen LogP contribution in [0.15, 0.2) is 12.2 Å². The number of hydrogen-bond acceptors (Lipinski definition) is 1. The third-order valence-electron chi connectivity index (χ3n) is 1.85. The molecule has 0 aromatic rings. The van der Waals surface area contributed by atoms with Crippen LogP contribution < -0.4 is 0 Å². The smallest absolute Gasteiger partial charge is 0.310 e. The average molecular weight is 170 g/mol. The van der Waals surface area contributed by atoms with E-state index in [0.717, 1.165) is 19.3 Å². The Morgan fingerprint density at radius 2 is 2.17 bits per heavy atom. The highest BCUT2D eigenvalue weighted by molar-refractivity contribution is 5.71. The molecule has 0 aromatic carbocycles. The van der Waals surface area contributed by atoms with Gasteiger partial charge in [-0.2, -0.15) is 0 Å². The van der Waals surface area contributed by atoms with Crippen LogP contribution in [0, 0.1) is 5.92 Å². The summed E-state index contributed by atoms with van der Waals surface area (Å²) in [7, 11) is 0. The molecule has 1 unspecified atom stereocenters. The Bertz CT molecular complexity index is 150. The maximum absolute atomic E-state index is 10.5. The summed E-state index contributed by atoms with van der Waals surface area (Å²) < 4.78 is 0. The van der Waals surface area contributed by atoms with E-state index in [0.29, 0.717) is 6.42 Å². The molecule has 0 saturated heterocycles. The molecular formula is C10H18O2. The lowest BCUT2D eigenvalue weighted by atomic mass is 10.1. The van der Waals surface area contributed by atoms with E-state index in [1.54, 1.807) is 6.08 Å². The summed E-state index contributed by atoms with van der Waals surface area (Å²) in [5.41, 5.74) is 0. The molecule has 0 aliphatic heterocycles. The molecule has 70 valence electrons. The van der Waals surface area contributed by atoms with Gasteiger partial charge in [-0.3, -0.25) is 4.79 Å². The van der Waals surface area contributed by atoms with Gasteiger partial charge < -0.3 is 5.11 Å². The van der Waals surface area contributed by atoms with E-state index in [-0.39, 0.29) is 5.92 Å². The van der Waals surface area contributed by atoms with E-state index < -0.39 is 5.97 Å². The standard InChI is InChI=1S/C10H18O2/c1-3-5-6-7-8-9(4-2)10(11)12/h7-9H,3-6H2,1-2H3,(H,11,12)/b8-7-. The number of carboxylic acids is 1. The molecule has 0 fully saturated rings. The van der Waals surface area contributed by atoms with Gasteiger partial charge in [0.25, 0.3) is 0 Å². The molecule has 1 atom stereocenters. The molecule has 12 heavy (non-hydrogen) atoms. The van der Waals surface area contributed by atoms with Gasteiger partial charge in [-0.15, -0.1) is 0 Å². The fraction of sp³-hybridized carbons (Fsp3) is 0.700. The highest BCUT2D eigenvalue weighted by atomic mass is 16.4. The first-order valence-electron chi connectivity index (χ1n) is 4.61. The molecule has 2 heteroatoms. The van der Waals surface area contributed by atoms with Crippen molar-refractivity contribution in [2.75, 3.05) is 0 Å². The third-order valence-corrected chi connectivity index (χ3v) is 1.85. The summed E-state index contributed by atoms with van der Waals surface area (Å²) in [4.78, 5) is 10.5. The number of carbonyl (C=O) groups is 1. The Morgan fingerprint density at radius 3 is 2.58 bits per heavy atom. The Morgan fingerprint density at radius 1 is 1.50 bits per heavy atom. The minimum atomic E-state index is -0.717. The minimum Gasteiger partial charge on any atom is -0.481 e. The van der Waals surface area contributed by atoms with Gasteiger partial charge in [0.15, 0.2) is 0 Å². The van der Waals surface area contributed by atoms with Gasteiger partial charge in [0.05, 0.1) is 5.92 Å². The Labute approximate surface area is 74.3 Å². The van der Waals surface area contributed by atoms with E-state index in [2.05, 4.69) is 6.92 Å². The molecule has 0 rings (SSSR count). The largest absolute Gasteiger partial charge is 0.481 e. The molecule has 0 aromatic heterocycles. The first-order valence-corrected chi connectivity index (χ1v) is 4.61. The van der Waals surface area contributed by atoms with E-state index in [4.69, 9.17) is 5.11 Å². The second-order valence-electron chi connectivity index (χ2n) is 2.92. The van der Waals surface area contributed by atoms with E-state index in [1.807, 2.05) is 13.0 Å². The topological polar surface area (TPSA) is 37.3 Å². The van der Waals surface area contributed by atoms with Crippen molar-refractivity contribution in [2.24, 2.45) is 5.92 Å². The molecule has 0 heterocycles. The zero-order chi connectivity index (χ0) is 9.40. The van der Waals surface area contributed by atoms with Crippen molar-refractivity contribution in [1.29, 1.82) is 0 Å². The van der Waals surface area contributed by atoms with Crippen molar-refractivity contribution in [2.45, 2.75) is 39.5 Å². The van der Waals surface area contributed by atoms with Crippen LogP contribution in [-0.4, -0.2) is 11.1 Å². The first kappa shape index (κ1) is 11.2. The molecule has 0 aliphatic rings. The van der Waals surface area contributed by atoms with Crippen LogP contribution >= 0.6 is 0 Å². The number of carboxylic acid groups (broad SMARTS) is 1. The van der Waals surface area contributed by atoms with Gasteiger partial charge in [-0.05, 0) is 12.8 Å². The van der Waals surface area contributed by atoms with E-state index in [1.165, 1.54) is 0 Å². The maximum atomic E-state index is 10.5. The lowest BCUT2D eigenvalue weighted by Crippen LogP contribution is -2.08. The Balaban J connectivity index is 3.69. The maximum Gasteiger partial charge on any atom is 0.310 e. The first-order chi connectivity index (χ1) is 5.72. The molecule has 1 N–H and O–H groups in total. The summed E-state index contributed by atoms with van der Waals surface area (Å²) in [5.74, 6) is -1.01. The van der Waals surface area contributed by atoms with Crippen LogP contribution in [0.2, 0.25) is 0 Å². The summed E-state index contributed by atoms with van der Waals surface area (Å²) in [6.45, 7) is 4.02. The third kappa shape index (κ3) is 4.94. The zero-order valence-electron chi connectivity index (χ0n) is 7.92. The van der Waals surface area contributed by atoms with Gasteiger partial charge in [0, 0.05) is 0 Å². The summed E-state index contributed by atoms with van der Waals surface area (Å²) in [6, 6.07) is 0. The summed E-state index contributed by atoms with van der Waals surface area (Å²) in [5, 5.41) is 8.68. The van der Waals surface area contributed by atoms with Gasteiger partial charge in [-0.1, -0.05) is 38.8 Å². The van der Waals surface area contributed by atoms with Crippen molar-refractivity contribution < 1.29 is 9.90 Å². The summed E-state index contributed by atoms with van der Waals surface area (Å²) in [6.07, 6.45) is 7.77. The van der Waals surface area contributed by atoms with Crippen LogP contribution in [0.1, 0.15) is 39.5 Å². The number of hydrogen-bond donors (Lipinski definition) is 1. The van der Waals surface area contributed by atoms with Gasteiger partial charge in [0.1, 0.15) is 0 Å².